The van der Waals surface area contributed by atoms with Crippen molar-refractivity contribution in [2.75, 3.05) is 27.2 Å². The molecule has 0 spiro atoms. The third-order valence-corrected chi connectivity index (χ3v) is 3.34. The fourth-order valence-corrected chi connectivity index (χ4v) is 2.46. The summed E-state index contributed by atoms with van der Waals surface area (Å²) in [6.07, 6.45) is 0. The van der Waals surface area contributed by atoms with E-state index in [1.54, 1.807) is 7.11 Å². The van der Waals surface area contributed by atoms with Crippen LogP contribution in [0.2, 0.25) is 0 Å². The molecule has 4 nitrogen and oxygen atoms in total. The summed E-state index contributed by atoms with van der Waals surface area (Å²) >= 11 is 0. The molecule has 92 valence electrons. The van der Waals surface area contributed by atoms with Gasteiger partial charge in [-0.25, -0.2) is 0 Å². The molecular weight excluding hydrogens is 218 g/mol. The van der Waals surface area contributed by atoms with Crippen molar-refractivity contribution >= 4 is 5.97 Å². The summed E-state index contributed by atoms with van der Waals surface area (Å²) in [5.74, 6) is -0.219. The quantitative estimate of drug-likeness (QED) is 0.861. The third kappa shape index (κ3) is 2.42. The van der Waals surface area contributed by atoms with E-state index in [1.807, 2.05) is 31.3 Å². The van der Waals surface area contributed by atoms with Gasteiger partial charge >= 0.3 is 5.97 Å². The first-order valence-electron chi connectivity index (χ1n) is 5.67. The van der Waals surface area contributed by atoms with E-state index in [0.717, 1.165) is 17.9 Å². The minimum absolute atomic E-state index is 0.0487. The van der Waals surface area contributed by atoms with E-state index >= 15 is 0 Å². The lowest BCUT2D eigenvalue weighted by Gasteiger charge is -2.15. The molecule has 0 bridgehead atoms. The number of benzene rings is 1. The molecule has 0 amide bonds. The molecule has 1 saturated heterocycles. The predicted molar refractivity (Wildman–Crippen MR) is 64.4 cm³/mol. The van der Waals surface area contributed by atoms with E-state index in [1.165, 1.54) is 0 Å². The summed E-state index contributed by atoms with van der Waals surface area (Å²) in [4.78, 5) is 13.3. The fourth-order valence-electron chi connectivity index (χ4n) is 2.46. The van der Waals surface area contributed by atoms with Crippen molar-refractivity contribution < 1.29 is 14.6 Å². The maximum atomic E-state index is 11.2. The Morgan fingerprint density at radius 1 is 1.47 bits per heavy atom. The highest BCUT2D eigenvalue weighted by Crippen LogP contribution is 2.33. The Kier molecular flexibility index (Phi) is 3.33. The summed E-state index contributed by atoms with van der Waals surface area (Å²) in [5.41, 5.74) is 1.04. The molecule has 1 aliphatic rings. The van der Waals surface area contributed by atoms with Crippen LogP contribution in [0.5, 0.6) is 5.75 Å². The van der Waals surface area contributed by atoms with E-state index in [9.17, 15) is 9.90 Å². The van der Waals surface area contributed by atoms with Gasteiger partial charge in [0.2, 0.25) is 0 Å². The van der Waals surface area contributed by atoms with Gasteiger partial charge in [-0.05, 0) is 24.7 Å². The zero-order chi connectivity index (χ0) is 12.4. The molecule has 1 aliphatic heterocycles. The van der Waals surface area contributed by atoms with Gasteiger partial charge in [-0.15, -0.1) is 0 Å². The molecule has 0 saturated carbocycles. The van der Waals surface area contributed by atoms with Crippen LogP contribution in [0.15, 0.2) is 24.3 Å². The van der Waals surface area contributed by atoms with Crippen molar-refractivity contribution in [1.29, 1.82) is 0 Å². The van der Waals surface area contributed by atoms with Crippen LogP contribution in [0, 0.1) is 5.92 Å². The summed E-state index contributed by atoms with van der Waals surface area (Å²) < 4.78 is 5.18. The second-order valence-corrected chi connectivity index (χ2v) is 4.55. The van der Waals surface area contributed by atoms with E-state index in [0.29, 0.717) is 6.54 Å². The molecule has 1 N–H and O–H groups in total. The van der Waals surface area contributed by atoms with Crippen LogP contribution in [-0.4, -0.2) is 43.2 Å². The number of likely N-dealkylation sites (N-methyl/N-ethyl adjacent to an activating group) is 1. The molecule has 1 heterocycles. The van der Waals surface area contributed by atoms with Crippen LogP contribution < -0.4 is 4.74 Å². The molecule has 4 heteroatoms. The zero-order valence-corrected chi connectivity index (χ0v) is 10.1. The maximum Gasteiger partial charge on any atom is 0.308 e. The molecule has 1 aromatic rings. The fraction of sp³-hybridized carbons (Fsp3) is 0.462. The smallest absolute Gasteiger partial charge is 0.308 e. The predicted octanol–water partition coefficient (Wildman–Crippen LogP) is 1.42. The van der Waals surface area contributed by atoms with Gasteiger partial charge in [-0.3, -0.25) is 4.79 Å². The van der Waals surface area contributed by atoms with Crippen LogP contribution in [0.1, 0.15) is 11.5 Å². The number of hydrogen-bond acceptors (Lipinski definition) is 3. The first-order valence-corrected chi connectivity index (χ1v) is 5.67. The van der Waals surface area contributed by atoms with E-state index < -0.39 is 5.97 Å². The maximum absolute atomic E-state index is 11.2. The highest BCUT2D eigenvalue weighted by Gasteiger charge is 2.36. The number of carbonyl (C=O) groups is 1. The van der Waals surface area contributed by atoms with Gasteiger partial charge in [0.05, 0.1) is 13.0 Å². The van der Waals surface area contributed by atoms with Gasteiger partial charge in [0, 0.05) is 19.0 Å². The van der Waals surface area contributed by atoms with Gasteiger partial charge in [0.25, 0.3) is 0 Å². The summed E-state index contributed by atoms with van der Waals surface area (Å²) in [5, 5.41) is 9.23. The van der Waals surface area contributed by atoms with E-state index in [4.69, 9.17) is 4.74 Å². The lowest BCUT2D eigenvalue weighted by Crippen LogP contribution is -2.21. The molecule has 17 heavy (non-hydrogen) atoms. The Hall–Kier alpha value is -1.55. The summed E-state index contributed by atoms with van der Waals surface area (Å²) in [7, 11) is 3.57. The van der Waals surface area contributed by atoms with Crippen molar-refractivity contribution in [1.82, 2.24) is 4.90 Å². The van der Waals surface area contributed by atoms with Gasteiger partial charge in [0.15, 0.2) is 0 Å². The molecule has 0 aliphatic carbocycles. The minimum Gasteiger partial charge on any atom is -0.497 e. The molecule has 0 radical (unpaired) electrons. The largest absolute Gasteiger partial charge is 0.497 e. The zero-order valence-electron chi connectivity index (χ0n) is 10.1. The Balaban J connectivity index is 2.28. The van der Waals surface area contributed by atoms with Crippen molar-refractivity contribution in [3.63, 3.8) is 0 Å². The van der Waals surface area contributed by atoms with Crippen LogP contribution in [0.3, 0.4) is 0 Å². The molecule has 0 aromatic heterocycles. The number of carboxylic acid groups (broad SMARTS) is 1. The van der Waals surface area contributed by atoms with Crippen molar-refractivity contribution in [2.45, 2.75) is 5.92 Å². The topological polar surface area (TPSA) is 49.8 Å². The number of rotatable bonds is 3. The minimum atomic E-state index is -0.720. The van der Waals surface area contributed by atoms with Crippen LogP contribution in [0.25, 0.3) is 0 Å². The van der Waals surface area contributed by atoms with E-state index in [-0.39, 0.29) is 11.8 Å². The Morgan fingerprint density at radius 3 is 2.88 bits per heavy atom. The Bertz CT molecular complexity index is 419. The number of hydrogen-bond donors (Lipinski definition) is 1. The second kappa shape index (κ2) is 4.75. The standard InChI is InChI=1S/C13H17NO3/c1-14-7-11(12(8-14)13(15)16)9-4-3-5-10(6-9)17-2/h3-6,11-12H,7-8H2,1-2H3,(H,15,16)/t11-,12-/m0/s1. The van der Waals surface area contributed by atoms with E-state index in [2.05, 4.69) is 4.90 Å². The molecular formula is C13H17NO3. The number of aliphatic carboxylic acids is 1. The summed E-state index contributed by atoms with van der Waals surface area (Å²) in [6, 6.07) is 7.69. The lowest BCUT2D eigenvalue weighted by molar-refractivity contribution is -0.141. The third-order valence-electron chi connectivity index (χ3n) is 3.34. The monoisotopic (exact) mass is 235 g/mol. The SMILES string of the molecule is COc1cccc([C@@H]2CN(C)C[C@@H]2C(=O)O)c1. The highest BCUT2D eigenvalue weighted by molar-refractivity contribution is 5.72. The highest BCUT2D eigenvalue weighted by atomic mass is 16.5. The molecule has 1 fully saturated rings. The Morgan fingerprint density at radius 2 is 2.24 bits per heavy atom. The van der Waals surface area contributed by atoms with Gasteiger partial charge in [-0.2, -0.15) is 0 Å². The van der Waals surface area contributed by atoms with Crippen molar-refractivity contribution in [3.05, 3.63) is 29.8 Å². The first-order chi connectivity index (χ1) is 8.11. The van der Waals surface area contributed by atoms with Crippen molar-refractivity contribution in [2.24, 2.45) is 5.92 Å². The van der Waals surface area contributed by atoms with Crippen LogP contribution >= 0.6 is 0 Å². The van der Waals surface area contributed by atoms with Gasteiger partial charge in [0.1, 0.15) is 5.75 Å². The first kappa shape index (κ1) is 11.9. The van der Waals surface area contributed by atoms with Gasteiger partial charge in [-0.1, -0.05) is 12.1 Å². The summed E-state index contributed by atoms with van der Waals surface area (Å²) in [6.45, 7) is 1.39. The number of ether oxygens (including phenoxy) is 1. The normalized spacial score (nSPS) is 24.8. The molecule has 1 aromatic carbocycles. The van der Waals surface area contributed by atoms with Crippen LogP contribution in [-0.2, 0) is 4.79 Å². The average Bonchev–Trinajstić information content (AvgIpc) is 2.72. The Labute approximate surface area is 101 Å². The number of methoxy groups -OCH3 is 1. The number of carboxylic acids is 1. The number of likely N-dealkylation sites (tertiary alicyclic amines) is 1. The number of nitrogens with zero attached hydrogens (tertiary/aromatic N) is 1. The molecule has 2 rings (SSSR count). The van der Waals surface area contributed by atoms with Crippen LogP contribution in [0.4, 0.5) is 0 Å². The average molecular weight is 235 g/mol. The second-order valence-electron chi connectivity index (χ2n) is 4.55. The lowest BCUT2D eigenvalue weighted by atomic mass is 9.89. The van der Waals surface area contributed by atoms with Gasteiger partial charge < -0.3 is 14.7 Å². The molecule has 0 unspecified atom stereocenters. The van der Waals surface area contributed by atoms with Crippen molar-refractivity contribution in [3.8, 4) is 5.75 Å². The molecule has 2 atom stereocenters.